The van der Waals surface area contributed by atoms with E-state index in [1.54, 1.807) is 0 Å². The molecule has 2 atom stereocenters. The van der Waals surface area contributed by atoms with E-state index >= 15 is 0 Å². The quantitative estimate of drug-likeness (QED) is 0.738. The summed E-state index contributed by atoms with van der Waals surface area (Å²) in [7, 11) is 0. The molecule has 1 saturated heterocycles. The van der Waals surface area contributed by atoms with Crippen LogP contribution < -0.4 is 0 Å². The van der Waals surface area contributed by atoms with E-state index < -0.39 is 0 Å². The number of carbonyl (C=O) groups excluding carboxylic acids is 1. The molecule has 1 amide bonds. The number of rotatable bonds is 4. The van der Waals surface area contributed by atoms with Crippen LogP contribution in [0.3, 0.4) is 0 Å². The fourth-order valence-electron chi connectivity index (χ4n) is 2.16. The van der Waals surface area contributed by atoms with Gasteiger partial charge in [0, 0.05) is 19.7 Å². The molecule has 0 aromatic rings. The SMILES string of the molecule is CC(C)C(S)C(=O)N1CCCC(CCO)C1. The molecule has 1 aliphatic rings. The Kier molecular flexibility index (Phi) is 5.62. The molecule has 0 spiro atoms. The van der Waals surface area contributed by atoms with Crippen molar-refractivity contribution in [2.75, 3.05) is 19.7 Å². The first-order valence-electron chi connectivity index (χ1n) is 6.14. The molecule has 1 fully saturated rings. The van der Waals surface area contributed by atoms with Crippen LogP contribution in [0.5, 0.6) is 0 Å². The zero-order valence-corrected chi connectivity index (χ0v) is 11.1. The van der Waals surface area contributed by atoms with Gasteiger partial charge in [0.1, 0.15) is 0 Å². The molecule has 1 aliphatic heterocycles. The Morgan fingerprint density at radius 3 is 2.81 bits per heavy atom. The number of nitrogens with zero attached hydrogens (tertiary/aromatic N) is 1. The monoisotopic (exact) mass is 245 g/mol. The van der Waals surface area contributed by atoms with Gasteiger partial charge in [0.25, 0.3) is 0 Å². The van der Waals surface area contributed by atoms with E-state index in [0.717, 1.165) is 32.4 Å². The minimum atomic E-state index is -0.187. The zero-order chi connectivity index (χ0) is 12.1. The van der Waals surface area contributed by atoms with Crippen LogP contribution in [0.1, 0.15) is 33.1 Å². The van der Waals surface area contributed by atoms with Crippen LogP contribution in [0.15, 0.2) is 0 Å². The predicted molar refractivity (Wildman–Crippen MR) is 68.6 cm³/mol. The van der Waals surface area contributed by atoms with Crippen molar-refractivity contribution in [3.8, 4) is 0 Å². The van der Waals surface area contributed by atoms with Gasteiger partial charge >= 0.3 is 0 Å². The molecule has 0 radical (unpaired) electrons. The Labute approximate surface area is 104 Å². The summed E-state index contributed by atoms with van der Waals surface area (Å²) in [5.41, 5.74) is 0. The van der Waals surface area contributed by atoms with Crippen molar-refractivity contribution in [3.63, 3.8) is 0 Å². The molecular weight excluding hydrogens is 222 g/mol. The van der Waals surface area contributed by atoms with Crippen molar-refractivity contribution in [1.29, 1.82) is 0 Å². The first kappa shape index (κ1) is 13.8. The third-order valence-electron chi connectivity index (χ3n) is 3.25. The van der Waals surface area contributed by atoms with Crippen molar-refractivity contribution in [1.82, 2.24) is 4.90 Å². The number of hydrogen-bond acceptors (Lipinski definition) is 3. The Morgan fingerprint density at radius 2 is 2.25 bits per heavy atom. The molecule has 2 unspecified atom stereocenters. The summed E-state index contributed by atoms with van der Waals surface area (Å²) in [6.07, 6.45) is 2.99. The fourth-order valence-corrected chi connectivity index (χ4v) is 2.32. The lowest BCUT2D eigenvalue weighted by atomic mass is 9.94. The molecule has 1 N–H and O–H groups in total. The highest BCUT2D eigenvalue weighted by Crippen LogP contribution is 2.22. The maximum atomic E-state index is 12.1. The fraction of sp³-hybridized carbons (Fsp3) is 0.917. The maximum Gasteiger partial charge on any atom is 0.235 e. The predicted octanol–water partition coefficient (Wildman–Crippen LogP) is 1.56. The molecular formula is C12H23NO2S. The molecule has 16 heavy (non-hydrogen) atoms. The van der Waals surface area contributed by atoms with Gasteiger partial charge in [-0.1, -0.05) is 13.8 Å². The smallest absolute Gasteiger partial charge is 0.235 e. The number of aliphatic hydroxyl groups is 1. The van der Waals surface area contributed by atoms with E-state index in [-0.39, 0.29) is 23.7 Å². The van der Waals surface area contributed by atoms with Crippen LogP contribution in [-0.4, -0.2) is 40.9 Å². The van der Waals surface area contributed by atoms with Gasteiger partial charge in [-0.3, -0.25) is 4.79 Å². The summed E-state index contributed by atoms with van der Waals surface area (Å²) in [6.45, 7) is 5.91. The van der Waals surface area contributed by atoms with Gasteiger partial charge in [-0.15, -0.1) is 0 Å². The van der Waals surface area contributed by atoms with Crippen LogP contribution in [-0.2, 0) is 4.79 Å². The lowest BCUT2D eigenvalue weighted by Gasteiger charge is -2.34. The van der Waals surface area contributed by atoms with Crippen LogP contribution >= 0.6 is 12.6 Å². The molecule has 3 nitrogen and oxygen atoms in total. The largest absolute Gasteiger partial charge is 0.396 e. The third kappa shape index (κ3) is 3.67. The highest BCUT2D eigenvalue weighted by molar-refractivity contribution is 7.81. The maximum absolute atomic E-state index is 12.1. The summed E-state index contributed by atoms with van der Waals surface area (Å²) in [4.78, 5) is 14.0. The number of carbonyl (C=O) groups is 1. The van der Waals surface area contributed by atoms with E-state index in [0.29, 0.717) is 5.92 Å². The van der Waals surface area contributed by atoms with Crippen molar-refractivity contribution in [2.24, 2.45) is 11.8 Å². The third-order valence-corrected chi connectivity index (χ3v) is 4.07. The van der Waals surface area contributed by atoms with E-state index in [1.807, 2.05) is 18.7 Å². The second-order valence-electron chi connectivity index (χ2n) is 4.99. The van der Waals surface area contributed by atoms with Crippen LogP contribution in [0.4, 0.5) is 0 Å². The van der Waals surface area contributed by atoms with Gasteiger partial charge in [-0.25, -0.2) is 0 Å². The van der Waals surface area contributed by atoms with Crippen molar-refractivity contribution < 1.29 is 9.90 Å². The standard InChI is InChI=1S/C12H23NO2S/c1-9(2)11(16)12(15)13-6-3-4-10(8-13)5-7-14/h9-11,14,16H,3-8H2,1-2H3. The number of piperidine rings is 1. The minimum absolute atomic E-state index is 0.154. The summed E-state index contributed by atoms with van der Waals surface area (Å²) in [5, 5.41) is 8.74. The molecule has 0 saturated carbocycles. The molecule has 0 aromatic carbocycles. The summed E-state index contributed by atoms with van der Waals surface area (Å²) < 4.78 is 0. The van der Waals surface area contributed by atoms with E-state index in [2.05, 4.69) is 12.6 Å². The minimum Gasteiger partial charge on any atom is -0.396 e. The Balaban J connectivity index is 2.49. The first-order chi connectivity index (χ1) is 7.56. The number of aliphatic hydroxyl groups excluding tert-OH is 1. The van der Waals surface area contributed by atoms with Crippen LogP contribution in [0, 0.1) is 11.8 Å². The first-order valence-corrected chi connectivity index (χ1v) is 6.65. The van der Waals surface area contributed by atoms with E-state index in [9.17, 15) is 4.79 Å². The molecule has 0 aliphatic carbocycles. The second kappa shape index (κ2) is 6.50. The molecule has 0 bridgehead atoms. The van der Waals surface area contributed by atoms with Crippen molar-refractivity contribution >= 4 is 18.5 Å². The highest BCUT2D eigenvalue weighted by Gasteiger charge is 2.28. The Bertz CT molecular complexity index is 231. The van der Waals surface area contributed by atoms with Crippen LogP contribution in [0.2, 0.25) is 0 Å². The number of likely N-dealkylation sites (tertiary alicyclic amines) is 1. The van der Waals surface area contributed by atoms with Crippen LogP contribution in [0.25, 0.3) is 0 Å². The van der Waals surface area contributed by atoms with Gasteiger partial charge in [-0.05, 0) is 31.1 Å². The van der Waals surface area contributed by atoms with Gasteiger partial charge in [0.05, 0.1) is 5.25 Å². The summed E-state index contributed by atoms with van der Waals surface area (Å²) >= 11 is 4.37. The topological polar surface area (TPSA) is 40.5 Å². The zero-order valence-electron chi connectivity index (χ0n) is 10.2. The Hall–Kier alpha value is -0.220. The number of thiol groups is 1. The van der Waals surface area contributed by atoms with Gasteiger partial charge in [0.15, 0.2) is 0 Å². The van der Waals surface area contributed by atoms with Crippen molar-refractivity contribution in [3.05, 3.63) is 0 Å². The van der Waals surface area contributed by atoms with Gasteiger partial charge in [-0.2, -0.15) is 12.6 Å². The molecule has 94 valence electrons. The summed E-state index contributed by atoms with van der Waals surface area (Å²) in [6, 6.07) is 0. The lowest BCUT2D eigenvalue weighted by Crippen LogP contribution is -2.45. The molecule has 1 heterocycles. The average molecular weight is 245 g/mol. The van der Waals surface area contributed by atoms with E-state index in [1.165, 1.54) is 0 Å². The average Bonchev–Trinajstić information content (AvgIpc) is 2.28. The second-order valence-corrected chi connectivity index (χ2v) is 5.55. The van der Waals surface area contributed by atoms with Gasteiger partial charge < -0.3 is 10.0 Å². The number of hydrogen-bond donors (Lipinski definition) is 2. The highest BCUT2D eigenvalue weighted by atomic mass is 32.1. The number of amides is 1. The molecule has 1 rings (SSSR count). The molecule has 0 aromatic heterocycles. The lowest BCUT2D eigenvalue weighted by molar-refractivity contribution is -0.133. The van der Waals surface area contributed by atoms with E-state index in [4.69, 9.17) is 5.11 Å². The Morgan fingerprint density at radius 1 is 1.56 bits per heavy atom. The van der Waals surface area contributed by atoms with Crippen molar-refractivity contribution in [2.45, 2.75) is 38.4 Å². The summed E-state index contributed by atoms with van der Waals surface area (Å²) in [5.74, 6) is 0.894. The molecule has 4 heteroatoms. The van der Waals surface area contributed by atoms with Gasteiger partial charge in [0.2, 0.25) is 5.91 Å². The normalized spacial score (nSPS) is 23.6.